The van der Waals surface area contributed by atoms with Gasteiger partial charge in [0.2, 0.25) is 0 Å². The maximum absolute atomic E-state index is 13.2. The third kappa shape index (κ3) is 4.63. The molecule has 2 saturated heterocycles. The number of methoxy groups -OCH3 is 1. The number of anilines is 1. The summed E-state index contributed by atoms with van der Waals surface area (Å²) in [5.41, 5.74) is 1.04. The zero-order valence-electron chi connectivity index (χ0n) is 18.3. The molecule has 2 aliphatic heterocycles. The highest BCUT2D eigenvalue weighted by Gasteiger charge is 2.64. The van der Waals surface area contributed by atoms with Gasteiger partial charge >= 0.3 is 12.1 Å². The van der Waals surface area contributed by atoms with E-state index in [4.69, 9.17) is 24.4 Å². The minimum absolute atomic E-state index is 0.234. The van der Waals surface area contributed by atoms with E-state index in [1.807, 2.05) is 6.20 Å². The zero-order chi connectivity index (χ0) is 25.4. The fourth-order valence-electron chi connectivity index (χ4n) is 4.30. The second-order valence-electron chi connectivity index (χ2n) is 8.36. The molecule has 6 rings (SSSR count). The standard InChI is InChI=1S/C20H19FN4O3.C2HF3O2/c1-27-14-6-17-23-15(19-9-20(10-19,11-21)28-12-19)8-25(17)7-13(14)18(26)24-16-4-2-3-5-22-16;3-2(4,5)1(6)7/h2-8H,9-12H2,1H3,(H,22,24,26);(H,6,7). The van der Waals surface area contributed by atoms with Crippen LogP contribution in [0.2, 0.25) is 0 Å². The van der Waals surface area contributed by atoms with Crippen LogP contribution in [0.5, 0.6) is 5.75 Å². The number of amides is 1. The number of carboxylic acids is 1. The number of carbonyl (C=O) groups is 2. The molecule has 0 spiro atoms. The van der Waals surface area contributed by atoms with E-state index in [0.29, 0.717) is 42.2 Å². The number of pyridine rings is 2. The Hall–Kier alpha value is -3.74. The number of aromatic nitrogens is 3. The summed E-state index contributed by atoms with van der Waals surface area (Å²) >= 11 is 0. The van der Waals surface area contributed by atoms with E-state index in [1.165, 1.54) is 7.11 Å². The van der Waals surface area contributed by atoms with E-state index in [2.05, 4.69) is 10.3 Å². The first-order valence-electron chi connectivity index (χ1n) is 10.3. The molecule has 1 aliphatic carbocycles. The summed E-state index contributed by atoms with van der Waals surface area (Å²) in [6.45, 7) is 0.0126. The lowest BCUT2D eigenvalue weighted by molar-refractivity contribution is -0.192. The number of alkyl halides is 4. The Labute approximate surface area is 195 Å². The van der Waals surface area contributed by atoms with Crippen LogP contribution in [0.1, 0.15) is 28.9 Å². The highest BCUT2D eigenvalue weighted by atomic mass is 19.4. The highest BCUT2D eigenvalue weighted by molar-refractivity contribution is 6.05. The van der Waals surface area contributed by atoms with Crippen LogP contribution in [0.3, 0.4) is 0 Å². The van der Waals surface area contributed by atoms with Gasteiger partial charge in [-0.15, -0.1) is 0 Å². The largest absolute Gasteiger partial charge is 0.496 e. The summed E-state index contributed by atoms with van der Waals surface area (Å²) in [7, 11) is 1.51. The smallest absolute Gasteiger partial charge is 0.490 e. The van der Waals surface area contributed by atoms with Crippen molar-refractivity contribution < 1.29 is 41.7 Å². The van der Waals surface area contributed by atoms with Crippen LogP contribution >= 0.6 is 0 Å². The summed E-state index contributed by atoms with van der Waals surface area (Å²) in [6, 6.07) is 7.01. The lowest BCUT2D eigenvalue weighted by Crippen LogP contribution is -2.48. The number of imidazole rings is 1. The molecule has 3 fully saturated rings. The van der Waals surface area contributed by atoms with Crippen molar-refractivity contribution in [1.29, 1.82) is 0 Å². The summed E-state index contributed by atoms with van der Waals surface area (Å²) < 4.78 is 57.8. The van der Waals surface area contributed by atoms with Gasteiger partial charge in [0.25, 0.3) is 5.91 Å². The first-order valence-corrected chi connectivity index (χ1v) is 10.3. The maximum Gasteiger partial charge on any atom is 0.490 e. The quantitative estimate of drug-likeness (QED) is 0.521. The van der Waals surface area contributed by atoms with E-state index in [0.717, 1.165) is 5.69 Å². The van der Waals surface area contributed by atoms with Crippen LogP contribution in [0, 0.1) is 0 Å². The molecule has 2 N–H and O–H groups in total. The van der Waals surface area contributed by atoms with Gasteiger partial charge in [0, 0.05) is 30.1 Å². The Kier molecular flexibility index (Phi) is 6.13. The van der Waals surface area contributed by atoms with Crippen LogP contribution in [-0.4, -0.2) is 63.5 Å². The molecule has 0 radical (unpaired) electrons. The van der Waals surface area contributed by atoms with Gasteiger partial charge in [-0.2, -0.15) is 13.2 Å². The van der Waals surface area contributed by atoms with Crippen molar-refractivity contribution in [2.75, 3.05) is 25.7 Å². The van der Waals surface area contributed by atoms with Gasteiger partial charge in [-0.1, -0.05) is 6.07 Å². The minimum atomic E-state index is -5.08. The SMILES string of the molecule is COc1cc2nc(C34COC(CF)(C3)C4)cn2cc1C(=O)Nc1ccccn1.O=C(O)C(F)(F)F. The number of rotatable bonds is 5. The molecule has 0 unspecified atom stereocenters. The molecule has 5 heterocycles. The van der Waals surface area contributed by atoms with E-state index >= 15 is 0 Å². The van der Waals surface area contributed by atoms with Crippen molar-refractivity contribution in [2.45, 2.75) is 30.0 Å². The average molecular weight is 496 g/mol. The molecule has 1 saturated carbocycles. The second kappa shape index (κ2) is 8.80. The van der Waals surface area contributed by atoms with Crippen LogP contribution in [0.4, 0.5) is 23.4 Å². The molecular weight excluding hydrogens is 476 g/mol. The lowest BCUT2D eigenvalue weighted by atomic mass is 9.61. The highest BCUT2D eigenvalue weighted by Crippen LogP contribution is 2.58. The predicted molar refractivity (Wildman–Crippen MR) is 113 cm³/mol. The first kappa shape index (κ1) is 24.4. The summed E-state index contributed by atoms with van der Waals surface area (Å²) in [6.07, 6.45) is 1.39. The molecular formula is C22H20F4N4O5. The summed E-state index contributed by atoms with van der Waals surface area (Å²) in [5.74, 6) is -2.20. The Morgan fingerprint density at radius 1 is 1.29 bits per heavy atom. The monoisotopic (exact) mass is 496 g/mol. The number of carbonyl (C=O) groups excluding carboxylic acids is 1. The van der Waals surface area contributed by atoms with Gasteiger partial charge < -0.3 is 24.3 Å². The number of nitrogens with zero attached hydrogens (tertiary/aromatic N) is 3. The van der Waals surface area contributed by atoms with Crippen LogP contribution in [0.15, 0.2) is 42.9 Å². The Morgan fingerprint density at radius 2 is 2.00 bits per heavy atom. The number of nitrogens with one attached hydrogen (secondary N) is 1. The van der Waals surface area contributed by atoms with Crippen LogP contribution in [-0.2, 0) is 14.9 Å². The van der Waals surface area contributed by atoms with Crippen molar-refractivity contribution in [3.8, 4) is 5.75 Å². The number of hydrogen-bond donors (Lipinski definition) is 2. The third-order valence-electron chi connectivity index (χ3n) is 5.93. The van der Waals surface area contributed by atoms with Crippen molar-refractivity contribution in [3.05, 3.63) is 54.1 Å². The van der Waals surface area contributed by atoms with Crippen molar-refractivity contribution in [1.82, 2.24) is 14.4 Å². The molecule has 0 atom stereocenters. The number of ether oxygens (including phenoxy) is 2. The van der Waals surface area contributed by atoms with Gasteiger partial charge in [-0.05, 0) is 25.0 Å². The summed E-state index contributed by atoms with van der Waals surface area (Å²) in [4.78, 5) is 30.4. The average Bonchev–Trinajstić information content (AvgIpc) is 3.50. The predicted octanol–water partition coefficient (Wildman–Crippen LogP) is 3.39. The van der Waals surface area contributed by atoms with Gasteiger partial charge in [-0.3, -0.25) is 4.79 Å². The molecule has 3 aliphatic rings. The first-order chi connectivity index (χ1) is 16.5. The molecule has 2 bridgehead atoms. The minimum Gasteiger partial charge on any atom is -0.496 e. The Balaban J connectivity index is 0.000000364. The molecule has 1 amide bonds. The van der Waals surface area contributed by atoms with Gasteiger partial charge in [0.15, 0.2) is 0 Å². The van der Waals surface area contributed by atoms with Gasteiger partial charge in [0.1, 0.15) is 23.9 Å². The summed E-state index contributed by atoms with van der Waals surface area (Å²) in [5, 5.41) is 9.89. The molecule has 35 heavy (non-hydrogen) atoms. The van der Waals surface area contributed by atoms with E-state index in [-0.39, 0.29) is 11.3 Å². The Bertz CT molecular complexity index is 1260. The fourth-order valence-corrected chi connectivity index (χ4v) is 4.30. The van der Waals surface area contributed by atoms with Crippen molar-refractivity contribution in [3.63, 3.8) is 0 Å². The van der Waals surface area contributed by atoms with E-state index < -0.39 is 24.4 Å². The lowest BCUT2D eigenvalue weighted by Gasteiger charge is -2.41. The zero-order valence-corrected chi connectivity index (χ0v) is 18.3. The van der Waals surface area contributed by atoms with Gasteiger partial charge in [0.05, 0.1) is 30.6 Å². The molecule has 9 nitrogen and oxygen atoms in total. The topological polar surface area (TPSA) is 115 Å². The number of aliphatic carboxylic acids is 1. The number of carboxylic acid groups (broad SMARTS) is 1. The van der Waals surface area contributed by atoms with Crippen molar-refractivity contribution >= 4 is 23.3 Å². The number of fused-ring (bicyclic) bond motifs is 2. The number of hydrogen-bond acceptors (Lipinski definition) is 6. The Morgan fingerprint density at radius 3 is 2.54 bits per heavy atom. The molecule has 3 aromatic heterocycles. The normalized spacial score (nSPS) is 22.7. The third-order valence-corrected chi connectivity index (χ3v) is 5.93. The van der Waals surface area contributed by atoms with Crippen LogP contribution in [0.25, 0.3) is 5.65 Å². The molecule has 186 valence electrons. The number of halogens is 4. The van der Waals surface area contributed by atoms with E-state index in [1.54, 1.807) is 41.1 Å². The van der Waals surface area contributed by atoms with Crippen LogP contribution < -0.4 is 10.1 Å². The molecule has 0 aromatic carbocycles. The molecule has 13 heteroatoms. The van der Waals surface area contributed by atoms with E-state index in [9.17, 15) is 22.4 Å². The van der Waals surface area contributed by atoms with Crippen molar-refractivity contribution in [2.24, 2.45) is 0 Å². The second-order valence-corrected chi connectivity index (χ2v) is 8.36. The fraction of sp³-hybridized carbons (Fsp3) is 0.364. The molecule has 3 aromatic rings. The van der Waals surface area contributed by atoms with Gasteiger partial charge in [-0.25, -0.2) is 19.2 Å². The maximum atomic E-state index is 13.2.